The van der Waals surface area contributed by atoms with Crippen molar-refractivity contribution < 1.29 is 9.53 Å². The Kier molecular flexibility index (Phi) is 4.83. The monoisotopic (exact) mass is 291 g/mol. The summed E-state index contributed by atoms with van der Waals surface area (Å²) in [6.45, 7) is 8.32. The molecule has 0 aromatic carbocycles. The van der Waals surface area contributed by atoms with Crippen LogP contribution in [0.4, 0.5) is 4.79 Å². The van der Waals surface area contributed by atoms with Crippen molar-refractivity contribution in [2.75, 3.05) is 26.8 Å². The van der Waals surface area contributed by atoms with Crippen molar-refractivity contribution >= 4 is 6.03 Å². The number of amides is 2. The number of urea groups is 1. The molecule has 1 aromatic heterocycles. The van der Waals surface area contributed by atoms with Crippen molar-refractivity contribution in [2.45, 2.75) is 33.2 Å². The van der Waals surface area contributed by atoms with E-state index in [9.17, 15) is 4.79 Å². The Morgan fingerprint density at radius 2 is 2.29 bits per heavy atom. The van der Waals surface area contributed by atoms with Crippen LogP contribution in [-0.4, -0.2) is 48.8 Å². The summed E-state index contributed by atoms with van der Waals surface area (Å²) in [5.74, 6) is 0. The third-order valence-electron chi connectivity index (χ3n) is 4.16. The molecule has 1 saturated heterocycles. The second-order valence-electron chi connectivity index (χ2n) is 6.39. The second-order valence-corrected chi connectivity index (χ2v) is 6.39. The third-order valence-corrected chi connectivity index (χ3v) is 4.16. The predicted octanol–water partition coefficient (Wildman–Crippen LogP) is 2.00. The molecule has 1 atom stereocenters. The third kappa shape index (κ3) is 3.94. The molecule has 0 saturated carbocycles. The molecule has 1 aromatic rings. The maximum atomic E-state index is 12.2. The van der Waals surface area contributed by atoms with Gasteiger partial charge in [0, 0.05) is 43.4 Å². The molecule has 21 heavy (non-hydrogen) atoms. The number of carbonyl (C=O) groups excluding carboxylic acids is 1. The number of carbonyl (C=O) groups is 1. The van der Waals surface area contributed by atoms with Crippen LogP contribution in [0.1, 0.15) is 25.1 Å². The zero-order chi connectivity index (χ0) is 15.5. The molecule has 116 valence electrons. The maximum Gasteiger partial charge on any atom is 0.317 e. The molecular formula is C16H25N3O2. The highest BCUT2D eigenvalue weighted by Crippen LogP contribution is 2.25. The minimum Gasteiger partial charge on any atom is -0.380 e. The predicted molar refractivity (Wildman–Crippen MR) is 82.2 cm³/mol. The number of aryl methyl sites for hydroxylation is 1. The zero-order valence-electron chi connectivity index (χ0n) is 13.3. The lowest BCUT2D eigenvalue weighted by atomic mass is 9.89. The summed E-state index contributed by atoms with van der Waals surface area (Å²) in [6, 6.07) is 4.04. The number of rotatable bonds is 5. The molecule has 0 aliphatic carbocycles. The van der Waals surface area contributed by atoms with Crippen LogP contribution in [0, 0.1) is 12.3 Å². The van der Waals surface area contributed by atoms with E-state index in [1.165, 1.54) is 0 Å². The van der Waals surface area contributed by atoms with Gasteiger partial charge in [-0.3, -0.25) is 4.98 Å². The number of hydrogen-bond acceptors (Lipinski definition) is 3. The molecule has 5 heteroatoms. The molecule has 0 radical (unpaired) electrons. The van der Waals surface area contributed by atoms with Crippen LogP contribution in [0.2, 0.25) is 0 Å². The molecule has 0 spiro atoms. The summed E-state index contributed by atoms with van der Waals surface area (Å²) in [6.07, 6.45) is 2.56. The summed E-state index contributed by atoms with van der Waals surface area (Å²) in [5.41, 5.74) is 2.30. The molecule has 1 aliphatic rings. The zero-order valence-corrected chi connectivity index (χ0v) is 13.3. The van der Waals surface area contributed by atoms with Crippen LogP contribution in [0.5, 0.6) is 0 Å². The number of pyridine rings is 1. The van der Waals surface area contributed by atoms with E-state index in [-0.39, 0.29) is 17.5 Å². The molecule has 0 bridgehead atoms. The molecule has 2 heterocycles. The van der Waals surface area contributed by atoms with Crippen LogP contribution >= 0.6 is 0 Å². The number of hydrogen-bond donors (Lipinski definition) is 1. The van der Waals surface area contributed by atoms with E-state index in [0.29, 0.717) is 6.54 Å². The average Bonchev–Trinajstić information content (AvgIpc) is 2.44. The Balaban J connectivity index is 1.85. The van der Waals surface area contributed by atoms with Crippen LogP contribution in [0.3, 0.4) is 0 Å². The van der Waals surface area contributed by atoms with E-state index < -0.39 is 0 Å². The SMILES string of the molecule is Cc1cccnc1CC(C)N(C)C(=O)NCC1(C)COC1. The minimum atomic E-state index is -0.0378. The van der Waals surface area contributed by atoms with Crippen LogP contribution in [0.15, 0.2) is 18.3 Å². The molecule has 1 N–H and O–H groups in total. The van der Waals surface area contributed by atoms with Gasteiger partial charge in [0.2, 0.25) is 0 Å². The fourth-order valence-electron chi connectivity index (χ4n) is 2.32. The van der Waals surface area contributed by atoms with E-state index in [1.807, 2.05) is 33.0 Å². The molecule has 1 fully saturated rings. The fourth-order valence-corrected chi connectivity index (χ4v) is 2.32. The van der Waals surface area contributed by atoms with Crippen molar-refractivity contribution in [2.24, 2.45) is 5.41 Å². The van der Waals surface area contributed by atoms with Gasteiger partial charge in [-0.15, -0.1) is 0 Å². The molecular weight excluding hydrogens is 266 g/mol. The quantitative estimate of drug-likeness (QED) is 0.903. The van der Waals surface area contributed by atoms with E-state index in [1.54, 1.807) is 11.1 Å². The molecule has 5 nitrogen and oxygen atoms in total. The van der Waals surface area contributed by atoms with E-state index >= 15 is 0 Å². The number of likely N-dealkylation sites (N-methyl/N-ethyl adjacent to an activating group) is 1. The number of ether oxygens (including phenoxy) is 1. The number of nitrogens with zero attached hydrogens (tertiary/aromatic N) is 2. The number of aromatic nitrogens is 1. The molecule has 2 rings (SSSR count). The Hall–Kier alpha value is -1.62. The molecule has 2 amide bonds. The Bertz CT molecular complexity index is 500. The van der Waals surface area contributed by atoms with Crippen molar-refractivity contribution in [3.8, 4) is 0 Å². The second kappa shape index (κ2) is 6.43. The Morgan fingerprint density at radius 1 is 1.57 bits per heavy atom. The summed E-state index contributed by atoms with van der Waals surface area (Å²) in [7, 11) is 1.83. The van der Waals surface area contributed by atoms with Gasteiger partial charge in [-0.05, 0) is 25.5 Å². The summed E-state index contributed by atoms with van der Waals surface area (Å²) in [5, 5.41) is 2.99. The van der Waals surface area contributed by atoms with Crippen molar-refractivity contribution in [3.05, 3.63) is 29.6 Å². The van der Waals surface area contributed by atoms with Gasteiger partial charge < -0.3 is 15.0 Å². The Labute approximate surface area is 126 Å². The van der Waals surface area contributed by atoms with Gasteiger partial charge in [0.05, 0.1) is 13.2 Å². The van der Waals surface area contributed by atoms with Crippen LogP contribution in [0.25, 0.3) is 0 Å². The lowest BCUT2D eigenvalue weighted by molar-refractivity contribution is -0.0978. The minimum absolute atomic E-state index is 0.0378. The van der Waals surface area contributed by atoms with E-state index in [4.69, 9.17) is 4.74 Å². The first kappa shape index (κ1) is 15.8. The van der Waals surface area contributed by atoms with Gasteiger partial charge in [0.25, 0.3) is 0 Å². The standard InChI is InChI=1S/C16H25N3O2/c1-12-6-5-7-17-14(12)8-13(2)19(4)15(20)18-9-16(3)10-21-11-16/h5-7,13H,8-11H2,1-4H3,(H,18,20). The topological polar surface area (TPSA) is 54.5 Å². The largest absolute Gasteiger partial charge is 0.380 e. The number of nitrogens with one attached hydrogen (secondary N) is 1. The van der Waals surface area contributed by atoms with E-state index in [0.717, 1.165) is 30.9 Å². The van der Waals surface area contributed by atoms with Gasteiger partial charge in [-0.1, -0.05) is 13.0 Å². The average molecular weight is 291 g/mol. The highest BCUT2D eigenvalue weighted by molar-refractivity contribution is 5.74. The van der Waals surface area contributed by atoms with Crippen LogP contribution in [-0.2, 0) is 11.2 Å². The maximum absolute atomic E-state index is 12.2. The first-order valence-corrected chi connectivity index (χ1v) is 7.40. The summed E-state index contributed by atoms with van der Waals surface area (Å²) < 4.78 is 5.20. The van der Waals surface area contributed by atoms with Gasteiger partial charge >= 0.3 is 6.03 Å². The highest BCUT2D eigenvalue weighted by Gasteiger charge is 2.34. The van der Waals surface area contributed by atoms with E-state index in [2.05, 4.69) is 17.2 Å². The van der Waals surface area contributed by atoms with Crippen molar-refractivity contribution in [1.29, 1.82) is 0 Å². The van der Waals surface area contributed by atoms with Gasteiger partial charge in [-0.25, -0.2) is 4.79 Å². The summed E-state index contributed by atoms with van der Waals surface area (Å²) >= 11 is 0. The first-order chi connectivity index (χ1) is 9.91. The normalized spacial score (nSPS) is 17.7. The lowest BCUT2D eigenvalue weighted by Gasteiger charge is -2.38. The molecule has 1 unspecified atom stereocenters. The fraction of sp³-hybridized carbons (Fsp3) is 0.625. The smallest absolute Gasteiger partial charge is 0.317 e. The first-order valence-electron chi connectivity index (χ1n) is 7.40. The van der Waals surface area contributed by atoms with Gasteiger partial charge in [0.1, 0.15) is 0 Å². The van der Waals surface area contributed by atoms with Crippen molar-refractivity contribution in [3.63, 3.8) is 0 Å². The molecule has 1 aliphatic heterocycles. The van der Waals surface area contributed by atoms with Crippen molar-refractivity contribution in [1.82, 2.24) is 15.2 Å². The summed E-state index contributed by atoms with van der Waals surface area (Å²) in [4.78, 5) is 18.3. The van der Waals surface area contributed by atoms with Gasteiger partial charge in [0.15, 0.2) is 0 Å². The van der Waals surface area contributed by atoms with Gasteiger partial charge in [-0.2, -0.15) is 0 Å². The van der Waals surface area contributed by atoms with Crippen LogP contribution < -0.4 is 5.32 Å². The Morgan fingerprint density at radius 3 is 2.86 bits per heavy atom. The highest BCUT2D eigenvalue weighted by atomic mass is 16.5. The lowest BCUT2D eigenvalue weighted by Crippen LogP contribution is -2.52.